The average Bonchev–Trinajstić information content (AvgIpc) is 2.23. The molecule has 0 unspecified atom stereocenters. The average molecular weight is 223 g/mol. The van der Waals surface area contributed by atoms with Crippen molar-refractivity contribution in [3.8, 4) is 5.75 Å². The van der Waals surface area contributed by atoms with Crippen LogP contribution in [0.1, 0.15) is 23.2 Å². The van der Waals surface area contributed by atoms with E-state index < -0.39 is 0 Å². The van der Waals surface area contributed by atoms with Gasteiger partial charge in [0, 0.05) is 18.3 Å². The van der Waals surface area contributed by atoms with E-state index in [1.165, 1.54) is 0 Å². The number of hydrogen-bond donors (Lipinski definition) is 2. The van der Waals surface area contributed by atoms with Gasteiger partial charge in [-0.1, -0.05) is 0 Å². The molecule has 0 fully saturated rings. The lowest BCUT2D eigenvalue weighted by atomic mass is 10.0. The van der Waals surface area contributed by atoms with Crippen LogP contribution < -0.4 is 5.73 Å². The molecule has 0 aliphatic carbocycles. The van der Waals surface area contributed by atoms with E-state index in [0.717, 1.165) is 30.5 Å². The smallest absolute Gasteiger partial charge is 0.141 e. The molecule has 0 bridgehead atoms. The molecule has 0 saturated carbocycles. The van der Waals surface area contributed by atoms with E-state index in [4.69, 9.17) is 5.73 Å². The van der Waals surface area contributed by atoms with Gasteiger partial charge in [0.2, 0.25) is 0 Å². The van der Waals surface area contributed by atoms with Crippen molar-refractivity contribution >= 4 is 0 Å². The van der Waals surface area contributed by atoms with Crippen LogP contribution in [-0.4, -0.2) is 35.6 Å². The Morgan fingerprint density at radius 3 is 2.69 bits per heavy atom. The van der Waals surface area contributed by atoms with Crippen LogP contribution in [0, 0.1) is 6.92 Å². The molecule has 1 aromatic heterocycles. The largest absolute Gasteiger partial charge is 0.506 e. The molecule has 0 aliphatic rings. The fourth-order valence-electron chi connectivity index (χ4n) is 1.71. The van der Waals surface area contributed by atoms with Crippen molar-refractivity contribution in [2.45, 2.75) is 26.3 Å². The molecule has 0 amide bonds. The summed E-state index contributed by atoms with van der Waals surface area (Å²) in [5.41, 5.74) is 8.21. The van der Waals surface area contributed by atoms with E-state index in [2.05, 4.69) is 24.0 Å². The summed E-state index contributed by atoms with van der Waals surface area (Å²) in [6.07, 6.45) is 3.78. The Labute approximate surface area is 97.1 Å². The molecule has 1 aromatic rings. The molecular weight excluding hydrogens is 202 g/mol. The van der Waals surface area contributed by atoms with Crippen molar-refractivity contribution in [3.05, 3.63) is 23.0 Å². The van der Waals surface area contributed by atoms with Gasteiger partial charge in [-0.05, 0) is 46.0 Å². The van der Waals surface area contributed by atoms with Crippen LogP contribution in [-0.2, 0) is 13.0 Å². The summed E-state index contributed by atoms with van der Waals surface area (Å²) in [4.78, 5) is 6.31. The Bertz CT molecular complexity index is 350. The highest BCUT2D eigenvalue weighted by atomic mass is 16.3. The molecule has 3 N–H and O–H groups in total. The maximum atomic E-state index is 9.83. The minimum Gasteiger partial charge on any atom is -0.506 e. The molecule has 0 atom stereocenters. The van der Waals surface area contributed by atoms with Gasteiger partial charge in [-0.2, -0.15) is 0 Å². The summed E-state index contributed by atoms with van der Waals surface area (Å²) >= 11 is 0. The summed E-state index contributed by atoms with van der Waals surface area (Å²) in [7, 11) is 4.10. The second kappa shape index (κ2) is 5.82. The van der Waals surface area contributed by atoms with Crippen LogP contribution >= 0.6 is 0 Å². The number of aromatic nitrogens is 1. The van der Waals surface area contributed by atoms with Crippen molar-refractivity contribution in [2.75, 3.05) is 20.6 Å². The first-order valence-corrected chi connectivity index (χ1v) is 5.57. The number of aromatic hydroxyl groups is 1. The standard InChI is InChI=1S/C12H21N3O/c1-9-12(16)11(7-13)10(8-14-9)5-4-6-15(2)3/h8,16H,4-7,13H2,1-3H3. The van der Waals surface area contributed by atoms with Gasteiger partial charge >= 0.3 is 0 Å². The monoisotopic (exact) mass is 223 g/mol. The van der Waals surface area contributed by atoms with Gasteiger partial charge in [-0.3, -0.25) is 4.98 Å². The molecular formula is C12H21N3O. The van der Waals surface area contributed by atoms with E-state index >= 15 is 0 Å². The second-order valence-corrected chi connectivity index (χ2v) is 4.31. The summed E-state index contributed by atoms with van der Waals surface area (Å²) in [6, 6.07) is 0. The highest BCUT2D eigenvalue weighted by Crippen LogP contribution is 2.23. The second-order valence-electron chi connectivity index (χ2n) is 4.31. The zero-order chi connectivity index (χ0) is 12.1. The number of hydrogen-bond acceptors (Lipinski definition) is 4. The van der Waals surface area contributed by atoms with E-state index in [-0.39, 0.29) is 5.75 Å². The first-order valence-electron chi connectivity index (χ1n) is 5.57. The van der Waals surface area contributed by atoms with Crippen LogP contribution in [0.2, 0.25) is 0 Å². The Kier molecular flexibility index (Phi) is 4.71. The van der Waals surface area contributed by atoms with Gasteiger partial charge in [-0.25, -0.2) is 0 Å². The highest BCUT2D eigenvalue weighted by Gasteiger charge is 2.09. The fourth-order valence-corrected chi connectivity index (χ4v) is 1.71. The van der Waals surface area contributed by atoms with Crippen molar-refractivity contribution in [2.24, 2.45) is 5.73 Å². The number of nitrogens with zero attached hydrogens (tertiary/aromatic N) is 2. The van der Waals surface area contributed by atoms with Gasteiger partial charge in [0.1, 0.15) is 5.75 Å². The van der Waals surface area contributed by atoms with Gasteiger partial charge < -0.3 is 15.7 Å². The zero-order valence-corrected chi connectivity index (χ0v) is 10.3. The maximum Gasteiger partial charge on any atom is 0.141 e. The van der Waals surface area contributed by atoms with E-state index in [0.29, 0.717) is 12.2 Å². The van der Waals surface area contributed by atoms with Crippen LogP contribution in [0.15, 0.2) is 6.20 Å². The number of aryl methyl sites for hydroxylation is 2. The maximum absolute atomic E-state index is 9.83. The predicted octanol–water partition coefficient (Wildman–Crippen LogP) is 1.05. The molecule has 1 heterocycles. The number of pyridine rings is 1. The Balaban J connectivity index is 2.76. The van der Waals surface area contributed by atoms with Gasteiger partial charge in [-0.15, -0.1) is 0 Å². The predicted molar refractivity (Wildman–Crippen MR) is 65.4 cm³/mol. The molecule has 0 aromatic carbocycles. The van der Waals surface area contributed by atoms with Crippen molar-refractivity contribution < 1.29 is 5.11 Å². The number of rotatable bonds is 5. The number of nitrogens with two attached hydrogens (primary N) is 1. The fraction of sp³-hybridized carbons (Fsp3) is 0.583. The van der Waals surface area contributed by atoms with Crippen molar-refractivity contribution in [1.82, 2.24) is 9.88 Å². The van der Waals surface area contributed by atoms with E-state index in [9.17, 15) is 5.11 Å². The Morgan fingerprint density at radius 1 is 1.44 bits per heavy atom. The van der Waals surface area contributed by atoms with Crippen molar-refractivity contribution in [1.29, 1.82) is 0 Å². The lowest BCUT2D eigenvalue weighted by molar-refractivity contribution is 0.399. The molecule has 1 rings (SSSR count). The van der Waals surface area contributed by atoms with Crippen LogP contribution in [0.3, 0.4) is 0 Å². The molecule has 0 aliphatic heterocycles. The summed E-state index contributed by atoms with van der Waals surface area (Å²) in [6.45, 7) is 3.18. The third kappa shape index (κ3) is 3.18. The molecule has 0 saturated heterocycles. The summed E-state index contributed by atoms with van der Waals surface area (Å²) < 4.78 is 0. The quantitative estimate of drug-likeness (QED) is 0.783. The topological polar surface area (TPSA) is 62.4 Å². The first kappa shape index (κ1) is 12.9. The molecule has 0 radical (unpaired) electrons. The van der Waals surface area contributed by atoms with E-state index in [1.807, 2.05) is 6.20 Å². The third-order valence-electron chi connectivity index (χ3n) is 2.69. The van der Waals surface area contributed by atoms with Crippen LogP contribution in [0.4, 0.5) is 0 Å². The molecule has 4 heteroatoms. The minimum atomic E-state index is 0.254. The molecule has 90 valence electrons. The molecule has 0 spiro atoms. The SMILES string of the molecule is Cc1ncc(CCCN(C)C)c(CN)c1O. The van der Waals surface area contributed by atoms with Gasteiger partial charge in [0.15, 0.2) is 0 Å². The lowest BCUT2D eigenvalue weighted by Gasteiger charge is -2.13. The third-order valence-corrected chi connectivity index (χ3v) is 2.69. The zero-order valence-electron chi connectivity index (χ0n) is 10.3. The lowest BCUT2D eigenvalue weighted by Crippen LogP contribution is -2.14. The van der Waals surface area contributed by atoms with Gasteiger partial charge in [0.05, 0.1) is 5.69 Å². The Hall–Kier alpha value is -1.13. The summed E-state index contributed by atoms with van der Waals surface area (Å²) in [5, 5.41) is 9.83. The highest BCUT2D eigenvalue weighted by molar-refractivity contribution is 5.40. The molecule has 4 nitrogen and oxygen atoms in total. The molecule has 16 heavy (non-hydrogen) atoms. The van der Waals surface area contributed by atoms with Crippen LogP contribution in [0.5, 0.6) is 5.75 Å². The first-order chi connectivity index (χ1) is 7.56. The van der Waals surface area contributed by atoms with Crippen molar-refractivity contribution in [3.63, 3.8) is 0 Å². The normalized spacial score (nSPS) is 11.1. The van der Waals surface area contributed by atoms with Crippen LogP contribution in [0.25, 0.3) is 0 Å². The van der Waals surface area contributed by atoms with E-state index in [1.54, 1.807) is 6.92 Å². The summed E-state index contributed by atoms with van der Waals surface area (Å²) in [5.74, 6) is 0.254. The Morgan fingerprint density at radius 2 is 2.12 bits per heavy atom. The van der Waals surface area contributed by atoms with Gasteiger partial charge in [0.25, 0.3) is 0 Å². The minimum absolute atomic E-state index is 0.254.